The standard InChI is InChI=1S/C7H5IO2/c8-10-7-4-2-1-3-6(7)5-9/h1-5H. The number of benzene rings is 1. The molecule has 0 radical (unpaired) electrons. The number of carbonyl (C=O) groups excluding carboxylic acids is 1. The average molecular weight is 248 g/mol. The van der Waals surface area contributed by atoms with Gasteiger partial charge in [-0.2, -0.15) is 0 Å². The van der Waals surface area contributed by atoms with Crippen LogP contribution in [-0.2, 0) is 0 Å². The minimum Gasteiger partial charge on any atom is -0.427 e. The zero-order chi connectivity index (χ0) is 7.40. The van der Waals surface area contributed by atoms with E-state index in [1.54, 1.807) is 41.2 Å². The highest BCUT2D eigenvalue weighted by Gasteiger charge is 1.97. The van der Waals surface area contributed by atoms with Gasteiger partial charge in [-0.25, -0.2) is 0 Å². The third kappa shape index (κ3) is 1.47. The molecule has 1 aromatic carbocycles. The number of carbonyl (C=O) groups is 1. The van der Waals surface area contributed by atoms with Gasteiger partial charge in [-0.05, 0) is 12.1 Å². The Labute approximate surface area is 72.9 Å². The summed E-state index contributed by atoms with van der Waals surface area (Å²) < 4.78 is 4.87. The van der Waals surface area contributed by atoms with E-state index in [4.69, 9.17) is 3.07 Å². The minimum atomic E-state index is 0.580. The average Bonchev–Trinajstić information content (AvgIpc) is 2.04. The normalized spacial score (nSPS) is 8.90. The lowest BCUT2D eigenvalue weighted by molar-refractivity contribution is 0.112. The topological polar surface area (TPSA) is 26.3 Å². The molecule has 1 rings (SSSR count). The van der Waals surface area contributed by atoms with Crippen molar-refractivity contribution in [3.63, 3.8) is 0 Å². The summed E-state index contributed by atoms with van der Waals surface area (Å²) in [6, 6.07) is 7.07. The van der Waals surface area contributed by atoms with Crippen molar-refractivity contribution >= 4 is 29.3 Å². The van der Waals surface area contributed by atoms with Crippen LogP contribution in [0.1, 0.15) is 10.4 Å². The van der Waals surface area contributed by atoms with Gasteiger partial charge in [0.25, 0.3) is 0 Å². The fourth-order valence-corrected chi connectivity index (χ4v) is 1.05. The van der Waals surface area contributed by atoms with E-state index in [-0.39, 0.29) is 0 Å². The Morgan fingerprint density at radius 2 is 2.10 bits per heavy atom. The second kappa shape index (κ2) is 3.55. The molecule has 2 nitrogen and oxygen atoms in total. The molecule has 0 amide bonds. The molecule has 0 N–H and O–H groups in total. The van der Waals surface area contributed by atoms with E-state index in [0.29, 0.717) is 11.3 Å². The van der Waals surface area contributed by atoms with Gasteiger partial charge in [0.1, 0.15) is 5.75 Å². The molecule has 3 heteroatoms. The molecule has 0 aliphatic rings. The van der Waals surface area contributed by atoms with Crippen LogP contribution < -0.4 is 3.07 Å². The molecule has 0 saturated carbocycles. The van der Waals surface area contributed by atoms with Crippen molar-refractivity contribution in [2.45, 2.75) is 0 Å². The minimum absolute atomic E-state index is 0.580. The van der Waals surface area contributed by atoms with Crippen LogP contribution in [0.3, 0.4) is 0 Å². The van der Waals surface area contributed by atoms with Crippen molar-refractivity contribution in [2.24, 2.45) is 0 Å². The highest BCUT2D eigenvalue weighted by Crippen LogP contribution is 2.17. The van der Waals surface area contributed by atoms with Gasteiger partial charge in [0.15, 0.2) is 29.3 Å². The van der Waals surface area contributed by atoms with Crippen LogP contribution in [0.4, 0.5) is 0 Å². The second-order valence-corrected chi connectivity index (χ2v) is 2.17. The first kappa shape index (κ1) is 7.53. The molecule has 52 valence electrons. The SMILES string of the molecule is O=Cc1ccccc1OI. The van der Waals surface area contributed by atoms with Crippen molar-refractivity contribution in [1.29, 1.82) is 0 Å². The lowest BCUT2D eigenvalue weighted by atomic mass is 10.2. The van der Waals surface area contributed by atoms with Crippen molar-refractivity contribution in [3.05, 3.63) is 29.8 Å². The highest BCUT2D eigenvalue weighted by molar-refractivity contribution is 14.1. The summed E-state index contributed by atoms with van der Waals surface area (Å²) in [5.41, 5.74) is 0.580. The summed E-state index contributed by atoms with van der Waals surface area (Å²) in [6.07, 6.45) is 0.772. The van der Waals surface area contributed by atoms with Gasteiger partial charge in [0, 0.05) is 0 Å². The first-order valence-electron chi connectivity index (χ1n) is 2.71. The van der Waals surface area contributed by atoms with Crippen molar-refractivity contribution in [3.8, 4) is 5.75 Å². The Balaban J connectivity index is 3.08. The maximum Gasteiger partial charge on any atom is 0.192 e. The number of para-hydroxylation sites is 1. The van der Waals surface area contributed by atoms with Crippen LogP contribution in [0.5, 0.6) is 5.75 Å². The molecule has 1 aromatic rings. The first-order chi connectivity index (χ1) is 4.88. The summed E-state index contributed by atoms with van der Waals surface area (Å²) >= 11 is 1.74. The van der Waals surface area contributed by atoms with Gasteiger partial charge in [-0.3, -0.25) is 4.79 Å². The van der Waals surface area contributed by atoms with Gasteiger partial charge in [-0.1, -0.05) is 12.1 Å². The van der Waals surface area contributed by atoms with Gasteiger partial charge in [0.2, 0.25) is 0 Å². The van der Waals surface area contributed by atoms with Gasteiger partial charge >= 0.3 is 0 Å². The van der Waals surface area contributed by atoms with Crippen molar-refractivity contribution < 1.29 is 7.86 Å². The molecule has 0 fully saturated rings. The van der Waals surface area contributed by atoms with E-state index < -0.39 is 0 Å². The van der Waals surface area contributed by atoms with Crippen molar-refractivity contribution in [2.75, 3.05) is 0 Å². The van der Waals surface area contributed by atoms with Crippen LogP contribution in [-0.4, -0.2) is 6.29 Å². The monoisotopic (exact) mass is 248 g/mol. The Hall–Kier alpha value is -0.580. The highest BCUT2D eigenvalue weighted by atomic mass is 127. The van der Waals surface area contributed by atoms with Crippen molar-refractivity contribution in [1.82, 2.24) is 0 Å². The molecule has 0 heterocycles. The Morgan fingerprint density at radius 3 is 2.60 bits per heavy atom. The molecule has 0 aromatic heterocycles. The van der Waals surface area contributed by atoms with Crippen LogP contribution in [0, 0.1) is 0 Å². The van der Waals surface area contributed by atoms with E-state index in [9.17, 15) is 4.79 Å². The molecule has 0 bridgehead atoms. The lowest BCUT2D eigenvalue weighted by Crippen LogP contribution is -1.82. The van der Waals surface area contributed by atoms with Crippen LogP contribution in [0.2, 0.25) is 0 Å². The van der Waals surface area contributed by atoms with Gasteiger partial charge < -0.3 is 3.07 Å². The van der Waals surface area contributed by atoms with Gasteiger partial charge in [0.05, 0.1) is 5.56 Å². The fraction of sp³-hybridized carbons (Fsp3) is 0. The van der Waals surface area contributed by atoms with E-state index in [0.717, 1.165) is 6.29 Å². The lowest BCUT2D eigenvalue weighted by Gasteiger charge is -1.97. The summed E-state index contributed by atoms with van der Waals surface area (Å²) in [5.74, 6) is 0.609. The maximum absolute atomic E-state index is 10.3. The smallest absolute Gasteiger partial charge is 0.192 e. The molecule has 0 spiro atoms. The Bertz CT molecular complexity index is 235. The molecule has 0 unspecified atom stereocenters. The van der Waals surface area contributed by atoms with Crippen LogP contribution in [0.15, 0.2) is 24.3 Å². The number of hydrogen-bond acceptors (Lipinski definition) is 2. The zero-order valence-electron chi connectivity index (χ0n) is 5.08. The predicted molar refractivity (Wildman–Crippen MR) is 46.5 cm³/mol. The first-order valence-corrected chi connectivity index (χ1v) is 3.59. The summed E-state index contributed by atoms with van der Waals surface area (Å²) in [7, 11) is 0. The summed E-state index contributed by atoms with van der Waals surface area (Å²) in [5, 5.41) is 0. The molecule has 10 heavy (non-hydrogen) atoms. The third-order valence-electron chi connectivity index (χ3n) is 1.13. The number of halogens is 1. The summed E-state index contributed by atoms with van der Waals surface area (Å²) in [4.78, 5) is 10.3. The maximum atomic E-state index is 10.3. The Kier molecular flexibility index (Phi) is 2.68. The van der Waals surface area contributed by atoms with Crippen LogP contribution in [0.25, 0.3) is 0 Å². The van der Waals surface area contributed by atoms with E-state index >= 15 is 0 Å². The van der Waals surface area contributed by atoms with Gasteiger partial charge in [-0.15, -0.1) is 0 Å². The third-order valence-corrected chi connectivity index (χ3v) is 1.60. The zero-order valence-corrected chi connectivity index (χ0v) is 7.24. The Morgan fingerprint density at radius 1 is 1.40 bits per heavy atom. The number of hydrogen-bond donors (Lipinski definition) is 0. The molecule has 0 atom stereocenters. The molecule has 0 saturated heterocycles. The van der Waals surface area contributed by atoms with E-state index in [2.05, 4.69) is 0 Å². The van der Waals surface area contributed by atoms with E-state index in [1.165, 1.54) is 0 Å². The second-order valence-electron chi connectivity index (χ2n) is 1.73. The summed E-state index contributed by atoms with van der Waals surface area (Å²) in [6.45, 7) is 0. The fourth-order valence-electron chi connectivity index (χ4n) is 0.648. The predicted octanol–water partition coefficient (Wildman–Crippen LogP) is 2.23. The quantitative estimate of drug-likeness (QED) is 0.592. The molecule has 0 aliphatic heterocycles. The molecular weight excluding hydrogens is 243 g/mol. The van der Waals surface area contributed by atoms with Crippen LogP contribution >= 0.6 is 23.0 Å². The van der Waals surface area contributed by atoms with E-state index in [1.807, 2.05) is 6.07 Å². The molecule has 0 aliphatic carbocycles. The number of aldehydes is 1. The molecular formula is C7H5IO2. The number of rotatable bonds is 2. The largest absolute Gasteiger partial charge is 0.427 e.